The van der Waals surface area contributed by atoms with Gasteiger partial charge < -0.3 is 10.6 Å². The first-order valence-corrected chi connectivity index (χ1v) is 7.53. The molecule has 19 heavy (non-hydrogen) atoms. The summed E-state index contributed by atoms with van der Waals surface area (Å²) >= 11 is 0. The van der Waals surface area contributed by atoms with Gasteiger partial charge in [0.1, 0.15) is 0 Å². The quantitative estimate of drug-likeness (QED) is 0.903. The van der Waals surface area contributed by atoms with Gasteiger partial charge in [0.2, 0.25) is 0 Å². The Morgan fingerprint density at radius 2 is 2.11 bits per heavy atom. The van der Waals surface area contributed by atoms with Crippen LogP contribution in [0, 0.1) is 18.3 Å². The minimum absolute atomic E-state index is 0.306. The van der Waals surface area contributed by atoms with Gasteiger partial charge in [-0.05, 0) is 48.8 Å². The van der Waals surface area contributed by atoms with E-state index < -0.39 is 0 Å². The summed E-state index contributed by atoms with van der Waals surface area (Å²) in [7, 11) is 0. The molecule has 1 aromatic rings. The fourth-order valence-corrected chi connectivity index (χ4v) is 3.49. The second kappa shape index (κ2) is 5.54. The summed E-state index contributed by atoms with van der Waals surface area (Å²) in [6, 6.07) is 6.68. The van der Waals surface area contributed by atoms with Crippen LogP contribution in [0.2, 0.25) is 0 Å². The van der Waals surface area contributed by atoms with E-state index in [1.807, 2.05) is 0 Å². The molecule has 1 atom stereocenters. The third-order valence-electron chi connectivity index (χ3n) is 4.75. The summed E-state index contributed by atoms with van der Waals surface area (Å²) < 4.78 is 0. The number of benzene rings is 1. The summed E-state index contributed by atoms with van der Waals surface area (Å²) in [6.07, 6.45) is 2.31. The maximum absolute atomic E-state index is 5.93. The maximum Gasteiger partial charge on any atom is 0.0428 e. The monoisotopic (exact) mass is 260 g/mol. The molecule has 1 aromatic carbocycles. The Morgan fingerprint density at radius 1 is 1.37 bits per heavy atom. The predicted octanol–water partition coefficient (Wildman–Crippen LogP) is 3.37. The lowest BCUT2D eigenvalue weighted by Crippen LogP contribution is -2.48. The summed E-state index contributed by atoms with van der Waals surface area (Å²) in [5.74, 6) is 0.651. The van der Waals surface area contributed by atoms with Gasteiger partial charge in [0.15, 0.2) is 0 Å². The minimum Gasteiger partial charge on any atom is -0.371 e. The summed E-state index contributed by atoms with van der Waals surface area (Å²) in [6.45, 7) is 12.3. The van der Waals surface area contributed by atoms with Gasteiger partial charge in [0, 0.05) is 18.8 Å². The van der Waals surface area contributed by atoms with Crippen molar-refractivity contribution in [1.29, 1.82) is 0 Å². The molecule has 1 aliphatic rings. The lowest BCUT2D eigenvalue weighted by atomic mass is 9.73. The zero-order valence-electron chi connectivity index (χ0n) is 12.9. The van der Waals surface area contributed by atoms with Crippen LogP contribution in [0.25, 0.3) is 0 Å². The topological polar surface area (TPSA) is 29.3 Å². The van der Waals surface area contributed by atoms with Crippen LogP contribution < -0.4 is 10.6 Å². The van der Waals surface area contributed by atoms with E-state index in [1.165, 1.54) is 23.2 Å². The van der Waals surface area contributed by atoms with Crippen LogP contribution >= 0.6 is 0 Å². The number of aryl methyl sites for hydroxylation is 2. The van der Waals surface area contributed by atoms with E-state index in [0.717, 1.165) is 26.1 Å². The lowest BCUT2D eigenvalue weighted by Gasteiger charge is -2.46. The van der Waals surface area contributed by atoms with Crippen LogP contribution in [-0.2, 0) is 6.42 Å². The van der Waals surface area contributed by atoms with Crippen molar-refractivity contribution >= 4 is 5.69 Å². The maximum atomic E-state index is 5.93. The van der Waals surface area contributed by atoms with Gasteiger partial charge >= 0.3 is 0 Å². The summed E-state index contributed by atoms with van der Waals surface area (Å²) in [4.78, 5) is 2.58. The molecular weight excluding hydrogens is 232 g/mol. The number of hydrogen-bond acceptors (Lipinski definition) is 2. The molecule has 0 saturated carbocycles. The van der Waals surface area contributed by atoms with Crippen molar-refractivity contribution in [1.82, 2.24) is 0 Å². The number of hydrogen-bond donors (Lipinski definition) is 1. The molecule has 0 spiro atoms. The normalized spacial score (nSPS) is 22.6. The molecular formula is C17H28N2. The zero-order chi connectivity index (χ0) is 14.0. The van der Waals surface area contributed by atoms with Crippen LogP contribution in [0.5, 0.6) is 0 Å². The average Bonchev–Trinajstić information content (AvgIpc) is 2.37. The van der Waals surface area contributed by atoms with E-state index >= 15 is 0 Å². The number of piperidine rings is 1. The molecule has 0 radical (unpaired) electrons. The molecule has 1 fully saturated rings. The molecule has 106 valence electrons. The van der Waals surface area contributed by atoms with Gasteiger partial charge in [-0.25, -0.2) is 0 Å². The molecule has 0 bridgehead atoms. The highest BCUT2D eigenvalue weighted by atomic mass is 15.2. The van der Waals surface area contributed by atoms with Gasteiger partial charge in [-0.2, -0.15) is 0 Å². The fourth-order valence-electron chi connectivity index (χ4n) is 3.49. The third kappa shape index (κ3) is 2.79. The van der Waals surface area contributed by atoms with Crippen LogP contribution in [0.15, 0.2) is 18.2 Å². The number of nitrogens with zero attached hydrogens (tertiary/aromatic N) is 1. The van der Waals surface area contributed by atoms with E-state index in [1.54, 1.807) is 0 Å². The van der Waals surface area contributed by atoms with Crippen LogP contribution in [0.3, 0.4) is 0 Å². The molecule has 1 aliphatic heterocycles. The number of anilines is 1. The fraction of sp³-hybridized carbons (Fsp3) is 0.647. The van der Waals surface area contributed by atoms with Crippen LogP contribution in [0.4, 0.5) is 5.69 Å². The summed E-state index contributed by atoms with van der Waals surface area (Å²) in [5, 5.41) is 0. The van der Waals surface area contributed by atoms with Gasteiger partial charge in [-0.1, -0.05) is 39.0 Å². The Hall–Kier alpha value is -1.02. The van der Waals surface area contributed by atoms with Crippen molar-refractivity contribution in [3.05, 3.63) is 29.3 Å². The average molecular weight is 260 g/mol. The highest BCUT2D eigenvalue weighted by Crippen LogP contribution is 2.38. The number of rotatable bonds is 3. The molecule has 0 aliphatic carbocycles. The molecule has 2 nitrogen and oxygen atoms in total. The highest BCUT2D eigenvalue weighted by Gasteiger charge is 2.35. The van der Waals surface area contributed by atoms with Gasteiger partial charge in [-0.15, -0.1) is 0 Å². The molecule has 0 aromatic heterocycles. The van der Waals surface area contributed by atoms with Crippen molar-refractivity contribution in [2.45, 2.75) is 40.5 Å². The Morgan fingerprint density at radius 3 is 2.68 bits per heavy atom. The van der Waals surface area contributed by atoms with E-state index in [9.17, 15) is 0 Å². The van der Waals surface area contributed by atoms with Crippen molar-refractivity contribution in [2.24, 2.45) is 17.1 Å². The van der Waals surface area contributed by atoms with E-state index in [4.69, 9.17) is 5.73 Å². The lowest BCUT2D eigenvalue weighted by molar-refractivity contribution is 0.182. The Balaban J connectivity index is 2.29. The first-order chi connectivity index (χ1) is 8.99. The van der Waals surface area contributed by atoms with E-state index in [2.05, 4.69) is 50.8 Å². The molecule has 0 amide bonds. The Kier molecular flexibility index (Phi) is 4.19. The summed E-state index contributed by atoms with van der Waals surface area (Å²) in [5.41, 5.74) is 10.6. The highest BCUT2D eigenvalue weighted by molar-refractivity contribution is 5.60. The van der Waals surface area contributed by atoms with Crippen molar-refractivity contribution < 1.29 is 0 Å². The van der Waals surface area contributed by atoms with Crippen LogP contribution in [-0.4, -0.2) is 19.6 Å². The van der Waals surface area contributed by atoms with Crippen molar-refractivity contribution in [2.75, 3.05) is 24.5 Å². The largest absolute Gasteiger partial charge is 0.371 e. The van der Waals surface area contributed by atoms with Gasteiger partial charge in [-0.3, -0.25) is 0 Å². The van der Waals surface area contributed by atoms with E-state index in [-0.39, 0.29) is 0 Å². The molecule has 1 saturated heterocycles. The first kappa shape index (κ1) is 14.4. The number of para-hydroxylation sites is 1. The Bertz CT molecular complexity index is 437. The predicted molar refractivity (Wildman–Crippen MR) is 83.7 cm³/mol. The molecule has 2 rings (SSSR count). The molecule has 1 heterocycles. The van der Waals surface area contributed by atoms with Crippen molar-refractivity contribution in [3.63, 3.8) is 0 Å². The smallest absolute Gasteiger partial charge is 0.0428 e. The SMILES string of the molecule is CCc1cccc(C)c1N1CCC(CN)C(C)(C)C1. The van der Waals surface area contributed by atoms with E-state index in [0.29, 0.717) is 11.3 Å². The first-order valence-electron chi connectivity index (χ1n) is 7.53. The van der Waals surface area contributed by atoms with Crippen molar-refractivity contribution in [3.8, 4) is 0 Å². The molecule has 2 N–H and O–H groups in total. The number of nitrogens with two attached hydrogens (primary N) is 1. The van der Waals surface area contributed by atoms with Crippen LogP contribution in [0.1, 0.15) is 38.3 Å². The van der Waals surface area contributed by atoms with Gasteiger partial charge in [0.05, 0.1) is 0 Å². The molecule has 2 heteroatoms. The molecule has 1 unspecified atom stereocenters. The second-order valence-corrected chi connectivity index (χ2v) is 6.57. The Labute approximate surface area is 118 Å². The second-order valence-electron chi connectivity index (χ2n) is 6.57. The standard InChI is InChI=1S/C17H28N2/c1-5-14-8-6-7-13(2)16(14)19-10-9-15(11-18)17(3,4)12-19/h6-8,15H,5,9-12,18H2,1-4H3. The zero-order valence-corrected chi connectivity index (χ0v) is 12.9. The third-order valence-corrected chi connectivity index (χ3v) is 4.75. The van der Waals surface area contributed by atoms with Gasteiger partial charge in [0.25, 0.3) is 0 Å². The minimum atomic E-state index is 0.306.